The molecule has 94 valence electrons. The number of hydrogen-bond acceptors (Lipinski definition) is 2. The van der Waals surface area contributed by atoms with E-state index in [9.17, 15) is 9.59 Å². The Morgan fingerprint density at radius 2 is 2.06 bits per heavy atom. The van der Waals surface area contributed by atoms with Gasteiger partial charge in [-0.15, -0.1) is 0 Å². The maximum atomic E-state index is 11.9. The van der Waals surface area contributed by atoms with Crippen LogP contribution >= 0.6 is 0 Å². The van der Waals surface area contributed by atoms with E-state index in [1.807, 2.05) is 13.0 Å². The van der Waals surface area contributed by atoms with E-state index in [0.29, 0.717) is 11.6 Å². The van der Waals surface area contributed by atoms with Gasteiger partial charge in [-0.3, -0.25) is 4.79 Å². The molecule has 4 nitrogen and oxygen atoms in total. The molecule has 0 bridgehead atoms. The lowest BCUT2D eigenvalue weighted by atomic mass is 10.1. The minimum absolute atomic E-state index is 0.0915. The van der Waals surface area contributed by atoms with Crippen LogP contribution in [-0.2, 0) is 4.79 Å². The van der Waals surface area contributed by atoms with E-state index in [2.05, 4.69) is 5.32 Å². The van der Waals surface area contributed by atoms with Crippen molar-refractivity contribution in [2.24, 2.45) is 0 Å². The van der Waals surface area contributed by atoms with Crippen molar-refractivity contribution >= 4 is 18.0 Å². The fraction of sp³-hybridized carbons (Fsp3) is 0.286. The van der Waals surface area contributed by atoms with Crippen LogP contribution in [0.15, 0.2) is 24.3 Å². The Labute approximate surface area is 105 Å². The van der Waals surface area contributed by atoms with E-state index in [1.165, 1.54) is 6.08 Å². The summed E-state index contributed by atoms with van der Waals surface area (Å²) in [4.78, 5) is 22.4. The summed E-state index contributed by atoms with van der Waals surface area (Å²) in [5.41, 5.74) is 2.23. The first-order chi connectivity index (χ1) is 8.54. The Morgan fingerprint density at radius 1 is 1.33 bits per heavy atom. The number of hydrogen-bond donors (Lipinski definition) is 2. The van der Waals surface area contributed by atoms with Gasteiger partial charge in [-0.05, 0) is 49.1 Å². The number of carboxylic acids is 1. The average molecular weight is 245 g/mol. The quantitative estimate of drug-likeness (QED) is 0.797. The largest absolute Gasteiger partial charge is 0.478 e. The van der Waals surface area contributed by atoms with E-state index in [4.69, 9.17) is 5.11 Å². The lowest BCUT2D eigenvalue weighted by molar-refractivity contribution is -0.131. The van der Waals surface area contributed by atoms with Crippen LogP contribution in [0.1, 0.15) is 34.3 Å². The predicted molar refractivity (Wildman–Crippen MR) is 68.3 cm³/mol. The fourth-order valence-electron chi connectivity index (χ4n) is 1.70. The van der Waals surface area contributed by atoms with Gasteiger partial charge < -0.3 is 10.4 Å². The van der Waals surface area contributed by atoms with Gasteiger partial charge in [-0.2, -0.15) is 0 Å². The maximum Gasteiger partial charge on any atom is 0.328 e. The van der Waals surface area contributed by atoms with Crippen molar-refractivity contribution in [3.63, 3.8) is 0 Å². The molecule has 0 atom stereocenters. The van der Waals surface area contributed by atoms with Gasteiger partial charge in [0, 0.05) is 17.7 Å². The van der Waals surface area contributed by atoms with Gasteiger partial charge in [0.25, 0.3) is 5.91 Å². The van der Waals surface area contributed by atoms with Crippen LogP contribution in [0.2, 0.25) is 0 Å². The first-order valence-corrected chi connectivity index (χ1v) is 5.88. The van der Waals surface area contributed by atoms with Gasteiger partial charge in [0.05, 0.1) is 0 Å². The van der Waals surface area contributed by atoms with Crippen LogP contribution in [0.4, 0.5) is 0 Å². The third kappa shape index (κ3) is 3.45. The van der Waals surface area contributed by atoms with E-state index in [0.717, 1.165) is 30.0 Å². The number of aryl methyl sites for hydroxylation is 1. The van der Waals surface area contributed by atoms with Crippen molar-refractivity contribution in [1.29, 1.82) is 0 Å². The molecule has 2 rings (SSSR count). The van der Waals surface area contributed by atoms with Gasteiger partial charge in [0.2, 0.25) is 0 Å². The number of nitrogens with one attached hydrogen (secondary N) is 1. The van der Waals surface area contributed by atoms with Crippen LogP contribution < -0.4 is 5.32 Å². The normalized spacial score (nSPS) is 14.7. The highest BCUT2D eigenvalue weighted by atomic mass is 16.4. The van der Waals surface area contributed by atoms with Crippen LogP contribution in [0.5, 0.6) is 0 Å². The molecule has 1 aromatic rings. The Morgan fingerprint density at radius 3 is 2.67 bits per heavy atom. The second-order valence-electron chi connectivity index (χ2n) is 4.55. The Kier molecular flexibility index (Phi) is 3.46. The predicted octanol–water partition coefficient (Wildman–Crippen LogP) is 1.99. The molecule has 0 radical (unpaired) electrons. The highest BCUT2D eigenvalue weighted by molar-refractivity contribution is 5.95. The van der Waals surface area contributed by atoms with Crippen LogP contribution in [0.3, 0.4) is 0 Å². The van der Waals surface area contributed by atoms with Gasteiger partial charge in [0.1, 0.15) is 0 Å². The molecule has 0 saturated heterocycles. The number of aliphatic carboxylic acids is 1. The highest BCUT2D eigenvalue weighted by Crippen LogP contribution is 2.20. The SMILES string of the molecule is Cc1cc(/C=C/C(=O)O)cc(C(=O)NC2CC2)c1. The van der Waals surface area contributed by atoms with Crippen molar-refractivity contribution in [3.8, 4) is 0 Å². The van der Waals surface area contributed by atoms with Gasteiger partial charge in [-0.25, -0.2) is 4.79 Å². The smallest absolute Gasteiger partial charge is 0.328 e. The van der Waals surface area contributed by atoms with Crippen molar-refractivity contribution in [2.75, 3.05) is 0 Å². The number of carboxylic acid groups (broad SMARTS) is 1. The molecular formula is C14H15NO3. The summed E-state index contributed by atoms with van der Waals surface area (Å²) in [5, 5.41) is 11.5. The van der Waals surface area contributed by atoms with Crippen LogP contribution in [0.25, 0.3) is 6.08 Å². The van der Waals surface area contributed by atoms with Crippen LogP contribution in [0, 0.1) is 6.92 Å². The van der Waals surface area contributed by atoms with Gasteiger partial charge >= 0.3 is 5.97 Å². The Balaban J connectivity index is 2.19. The highest BCUT2D eigenvalue weighted by Gasteiger charge is 2.23. The lowest BCUT2D eigenvalue weighted by Crippen LogP contribution is -2.25. The minimum atomic E-state index is -1.000. The zero-order valence-corrected chi connectivity index (χ0v) is 10.1. The third-order valence-corrected chi connectivity index (χ3v) is 2.69. The van der Waals surface area contributed by atoms with Gasteiger partial charge in [-0.1, -0.05) is 6.07 Å². The summed E-state index contributed by atoms with van der Waals surface area (Å²) >= 11 is 0. The summed E-state index contributed by atoms with van der Waals surface area (Å²) in [6, 6.07) is 5.66. The first-order valence-electron chi connectivity index (χ1n) is 5.88. The maximum absolute atomic E-state index is 11.9. The van der Waals surface area contributed by atoms with E-state index in [1.54, 1.807) is 12.1 Å². The molecule has 1 aliphatic rings. The number of amides is 1. The lowest BCUT2D eigenvalue weighted by Gasteiger charge is -2.06. The summed E-state index contributed by atoms with van der Waals surface area (Å²) in [6.07, 6.45) is 4.65. The Hall–Kier alpha value is -2.10. The van der Waals surface area contributed by atoms with Crippen molar-refractivity contribution in [1.82, 2.24) is 5.32 Å². The molecule has 0 unspecified atom stereocenters. The van der Waals surface area contributed by atoms with Crippen LogP contribution in [-0.4, -0.2) is 23.0 Å². The van der Waals surface area contributed by atoms with Gasteiger partial charge in [0.15, 0.2) is 0 Å². The summed E-state index contributed by atoms with van der Waals surface area (Å²) in [7, 11) is 0. The molecule has 0 heterocycles. The number of carbonyl (C=O) groups excluding carboxylic acids is 1. The molecule has 18 heavy (non-hydrogen) atoms. The summed E-state index contributed by atoms with van der Waals surface area (Å²) in [6.45, 7) is 1.88. The van der Waals surface area contributed by atoms with Crippen molar-refractivity contribution in [3.05, 3.63) is 41.0 Å². The van der Waals surface area contributed by atoms with Crippen molar-refractivity contribution in [2.45, 2.75) is 25.8 Å². The molecule has 1 amide bonds. The zero-order valence-electron chi connectivity index (χ0n) is 10.1. The number of benzene rings is 1. The molecule has 0 spiro atoms. The molecule has 1 aromatic carbocycles. The molecule has 0 aromatic heterocycles. The topological polar surface area (TPSA) is 66.4 Å². The second-order valence-corrected chi connectivity index (χ2v) is 4.55. The second kappa shape index (κ2) is 5.04. The molecule has 1 fully saturated rings. The molecule has 1 aliphatic carbocycles. The summed E-state index contributed by atoms with van der Waals surface area (Å²) < 4.78 is 0. The van der Waals surface area contributed by atoms with E-state index in [-0.39, 0.29) is 5.91 Å². The zero-order chi connectivity index (χ0) is 13.1. The molecular weight excluding hydrogens is 230 g/mol. The monoisotopic (exact) mass is 245 g/mol. The molecule has 2 N–H and O–H groups in total. The van der Waals surface area contributed by atoms with Crippen molar-refractivity contribution < 1.29 is 14.7 Å². The third-order valence-electron chi connectivity index (χ3n) is 2.69. The fourth-order valence-corrected chi connectivity index (χ4v) is 1.70. The molecule has 1 saturated carbocycles. The first kappa shape index (κ1) is 12.4. The number of carbonyl (C=O) groups is 2. The minimum Gasteiger partial charge on any atom is -0.478 e. The standard InChI is InChI=1S/C14H15NO3/c1-9-6-10(2-5-13(16)17)8-11(7-9)14(18)15-12-3-4-12/h2,5-8,12H,3-4H2,1H3,(H,15,18)(H,16,17)/b5-2+. The summed E-state index contributed by atoms with van der Waals surface area (Å²) in [5.74, 6) is -1.09. The van der Waals surface area contributed by atoms with E-state index < -0.39 is 5.97 Å². The molecule has 0 aliphatic heterocycles. The Bertz CT molecular complexity index is 516. The molecule has 4 heteroatoms. The number of rotatable bonds is 4. The average Bonchev–Trinajstić information content (AvgIpc) is 3.09. The van der Waals surface area contributed by atoms with E-state index >= 15 is 0 Å².